The monoisotopic (exact) mass is 288 g/mol. The van der Waals surface area contributed by atoms with E-state index in [0.29, 0.717) is 0 Å². The van der Waals surface area contributed by atoms with E-state index in [1.54, 1.807) is 6.92 Å². The third-order valence-corrected chi connectivity index (χ3v) is 3.21. The SMILES string of the molecule is CC#C[C@@H](CC(=O)OC)c1cccc(OC(C)CCC)c1. The molecule has 0 spiro atoms. The smallest absolute Gasteiger partial charge is 0.307 e. The second-order valence-electron chi connectivity index (χ2n) is 5.02. The van der Waals surface area contributed by atoms with Gasteiger partial charge in [0.1, 0.15) is 5.75 Å². The molecule has 21 heavy (non-hydrogen) atoms. The Balaban J connectivity index is 2.88. The van der Waals surface area contributed by atoms with Crippen molar-refractivity contribution in [1.29, 1.82) is 0 Å². The summed E-state index contributed by atoms with van der Waals surface area (Å²) in [5, 5.41) is 0. The molecule has 0 aliphatic heterocycles. The van der Waals surface area contributed by atoms with Gasteiger partial charge in [-0.3, -0.25) is 4.79 Å². The van der Waals surface area contributed by atoms with Crippen molar-refractivity contribution in [2.45, 2.75) is 52.1 Å². The number of carbonyl (C=O) groups is 1. The zero-order valence-corrected chi connectivity index (χ0v) is 13.3. The Hall–Kier alpha value is -1.95. The Morgan fingerprint density at radius 3 is 2.76 bits per heavy atom. The van der Waals surface area contributed by atoms with E-state index in [1.165, 1.54) is 7.11 Å². The van der Waals surface area contributed by atoms with Gasteiger partial charge in [0.05, 0.1) is 25.6 Å². The van der Waals surface area contributed by atoms with Crippen molar-refractivity contribution < 1.29 is 14.3 Å². The minimum Gasteiger partial charge on any atom is -0.491 e. The molecule has 0 saturated heterocycles. The van der Waals surface area contributed by atoms with E-state index in [1.807, 2.05) is 24.3 Å². The first-order valence-corrected chi connectivity index (χ1v) is 7.36. The first-order chi connectivity index (χ1) is 10.1. The molecule has 0 N–H and O–H groups in total. The number of ether oxygens (including phenoxy) is 2. The van der Waals surface area contributed by atoms with Gasteiger partial charge in [-0.1, -0.05) is 31.4 Å². The van der Waals surface area contributed by atoms with Gasteiger partial charge in [-0.15, -0.1) is 5.92 Å². The molecule has 3 heteroatoms. The van der Waals surface area contributed by atoms with Crippen molar-refractivity contribution in [1.82, 2.24) is 0 Å². The van der Waals surface area contributed by atoms with Gasteiger partial charge in [0, 0.05) is 0 Å². The largest absolute Gasteiger partial charge is 0.491 e. The molecule has 0 aromatic heterocycles. The van der Waals surface area contributed by atoms with Crippen LogP contribution in [0.1, 0.15) is 51.5 Å². The Morgan fingerprint density at radius 1 is 1.38 bits per heavy atom. The molecular weight excluding hydrogens is 264 g/mol. The third kappa shape index (κ3) is 5.91. The fraction of sp³-hybridized carbons (Fsp3) is 0.500. The predicted octanol–water partition coefficient (Wildman–Crippen LogP) is 3.92. The molecule has 1 aromatic carbocycles. The average Bonchev–Trinajstić information content (AvgIpc) is 2.47. The van der Waals surface area contributed by atoms with Gasteiger partial charge in [0.25, 0.3) is 0 Å². The minimum absolute atomic E-state index is 0.160. The lowest BCUT2D eigenvalue weighted by molar-refractivity contribution is -0.140. The summed E-state index contributed by atoms with van der Waals surface area (Å²) < 4.78 is 10.6. The molecule has 0 amide bonds. The summed E-state index contributed by atoms with van der Waals surface area (Å²) in [6, 6.07) is 7.80. The topological polar surface area (TPSA) is 35.5 Å². The van der Waals surface area contributed by atoms with Gasteiger partial charge in [0.15, 0.2) is 0 Å². The molecule has 0 saturated carbocycles. The lowest BCUT2D eigenvalue weighted by Gasteiger charge is -2.16. The quantitative estimate of drug-likeness (QED) is 0.563. The summed E-state index contributed by atoms with van der Waals surface area (Å²) in [6.07, 6.45) is 2.55. The number of benzene rings is 1. The van der Waals surface area contributed by atoms with Crippen LogP contribution in [0.3, 0.4) is 0 Å². The van der Waals surface area contributed by atoms with Crippen LogP contribution in [-0.4, -0.2) is 19.2 Å². The van der Waals surface area contributed by atoms with Crippen molar-refractivity contribution in [2.75, 3.05) is 7.11 Å². The molecule has 0 bridgehead atoms. The molecule has 1 unspecified atom stereocenters. The fourth-order valence-electron chi connectivity index (χ4n) is 2.18. The Bertz CT molecular complexity index is 511. The molecule has 0 fully saturated rings. The summed E-state index contributed by atoms with van der Waals surface area (Å²) in [6.45, 7) is 5.97. The summed E-state index contributed by atoms with van der Waals surface area (Å²) in [7, 11) is 1.39. The first kappa shape index (κ1) is 17.1. The van der Waals surface area contributed by atoms with Gasteiger partial charge >= 0.3 is 5.97 Å². The van der Waals surface area contributed by atoms with Crippen LogP contribution in [-0.2, 0) is 9.53 Å². The number of carbonyl (C=O) groups excluding carboxylic acids is 1. The second-order valence-corrected chi connectivity index (χ2v) is 5.02. The Kier molecular flexibility index (Phi) is 7.39. The van der Waals surface area contributed by atoms with Gasteiger partial charge in [-0.25, -0.2) is 0 Å². The Labute approximate surface area is 127 Å². The van der Waals surface area contributed by atoms with Gasteiger partial charge < -0.3 is 9.47 Å². The van der Waals surface area contributed by atoms with Crippen LogP contribution in [0.15, 0.2) is 24.3 Å². The first-order valence-electron chi connectivity index (χ1n) is 7.36. The molecule has 0 aliphatic carbocycles. The molecule has 3 nitrogen and oxygen atoms in total. The minimum atomic E-state index is -0.256. The lowest BCUT2D eigenvalue weighted by Crippen LogP contribution is -2.12. The molecule has 1 aromatic rings. The van der Waals surface area contributed by atoms with Crippen molar-refractivity contribution in [2.24, 2.45) is 0 Å². The number of hydrogen-bond donors (Lipinski definition) is 0. The molecular formula is C18H24O3. The maximum Gasteiger partial charge on any atom is 0.307 e. The zero-order chi connectivity index (χ0) is 15.7. The molecule has 0 aliphatic rings. The highest BCUT2D eigenvalue weighted by atomic mass is 16.5. The van der Waals surface area contributed by atoms with Crippen LogP contribution >= 0.6 is 0 Å². The van der Waals surface area contributed by atoms with Crippen LogP contribution in [0, 0.1) is 11.8 Å². The number of methoxy groups -OCH3 is 1. The highest BCUT2D eigenvalue weighted by Crippen LogP contribution is 2.24. The van der Waals surface area contributed by atoms with E-state index in [0.717, 1.165) is 24.2 Å². The predicted molar refractivity (Wildman–Crippen MR) is 84.3 cm³/mol. The Morgan fingerprint density at radius 2 is 2.14 bits per heavy atom. The highest BCUT2D eigenvalue weighted by Gasteiger charge is 2.15. The molecule has 0 radical (unpaired) electrons. The summed E-state index contributed by atoms with van der Waals surface area (Å²) in [5.74, 6) is 6.35. The maximum absolute atomic E-state index is 11.5. The highest BCUT2D eigenvalue weighted by molar-refractivity contribution is 5.71. The van der Waals surface area contributed by atoms with Crippen LogP contribution in [0.2, 0.25) is 0 Å². The van der Waals surface area contributed by atoms with Crippen LogP contribution < -0.4 is 4.74 Å². The summed E-state index contributed by atoms with van der Waals surface area (Å²) in [4.78, 5) is 11.5. The van der Waals surface area contributed by atoms with E-state index in [4.69, 9.17) is 9.47 Å². The van der Waals surface area contributed by atoms with Gasteiger partial charge in [-0.2, -0.15) is 0 Å². The lowest BCUT2D eigenvalue weighted by atomic mass is 9.96. The molecule has 114 valence electrons. The number of rotatable bonds is 7. The summed E-state index contributed by atoms with van der Waals surface area (Å²) in [5.41, 5.74) is 0.982. The van der Waals surface area contributed by atoms with Gasteiger partial charge in [-0.05, 0) is 38.0 Å². The van der Waals surface area contributed by atoms with Crippen LogP contribution in [0.5, 0.6) is 5.75 Å². The molecule has 1 rings (SSSR count). The third-order valence-electron chi connectivity index (χ3n) is 3.21. The number of esters is 1. The standard InChI is InChI=1S/C18H24O3/c1-5-8-14(3)21-17-11-7-10-16(12-17)15(9-6-2)13-18(19)20-4/h7,10-12,14-15H,5,8,13H2,1-4H3/t14?,15-/m0/s1. The van der Waals surface area contributed by atoms with Gasteiger partial charge in [0.2, 0.25) is 0 Å². The fourth-order valence-corrected chi connectivity index (χ4v) is 2.18. The van der Waals surface area contributed by atoms with E-state index in [-0.39, 0.29) is 24.4 Å². The second kappa shape index (κ2) is 9.07. The van der Waals surface area contributed by atoms with Crippen molar-refractivity contribution >= 4 is 5.97 Å². The number of hydrogen-bond acceptors (Lipinski definition) is 3. The van der Waals surface area contributed by atoms with E-state index in [2.05, 4.69) is 25.7 Å². The van der Waals surface area contributed by atoms with E-state index < -0.39 is 0 Å². The normalized spacial score (nSPS) is 12.8. The van der Waals surface area contributed by atoms with E-state index >= 15 is 0 Å². The summed E-state index contributed by atoms with van der Waals surface area (Å²) >= 11 is 0. The van der Waals surface area contributed by atoms with Crippen molar-refractivity contribution in [3.05, 3.63) is 29.8 Å². The molecule has 2 atom stereocenters. The van der Waals surface area contributed by atoms with Crippen LogP contribution in [0.25, 0.3) is 0 Å². The van der Waals surface area contributed by atoms with Crippen LogP contribution in [0.4, 0.5) is 0 Å². The van der Waals surface area contributed by atoms with E-state index in [9.17, 15) is 4.79 Å². The van der Waals surface area contributed by atoms with Crippen molar-refractivity contribution in [3.63, 3.8) is 0 Å². The maximum atomic E-state index is 11.5. The average molecular weight is 288 g/mol. The van der Waals surface area contributed by atoms with Crippen molar-refractivity contribution in [3.8, 4) is 17.6 Å². The molecule has 0 heterocycles. The zero-order valence-electron chi connectivity index (χ0n) is 13.3.